The second-order valence-electron chi connectivity index (χ2n) is 5.08. The maximum Gasteiger partial charge on any atom is 0.410 e. The van der Waals surface area contributed by atoms with Gasteiger partial charge in [0.2, 0.25) is 0 Å². The van der Waals surface area contributed by atoms with Crippen molar-refractivity contribution < 1.29 is 27.8 Å². The molecule has 1 heterocycles. The van der Waals surface area contributed by atoms with Crippen molar-refractivity contribution in [1.82, 2.24) is 4.90 Å². The predicted octanol–water partition coefficient (Wildman–Crippen LogP) is 1.92. The minimum atomic E-state index is -4.55. The van der Waals surface area contributed by atoms with Crippen LogP contribution >= 0.6 is 0 Å². The van der Waals surface area contributed by atoms with Gasteiger partial charge in [0, 0.05) is 6.42 Å². The van der Waals surface area contributed by atoms with Crippen molar-refractivity contribution in [2.75, 3.05) is 6.54 Å². The number of alkyl halides is 3. The first-order valence-corrected chi connectivity index (χ1v) is 5.25. The monoisotopic (exact) mass is 255 g/mol. The lowest BCUT2D eigenvalue weighted by atomic mass is 10.2. The van der Waals surface area contributed by atoms with E-state index in [1.165, 1.54) is 0 Å². The molecule has 0 unspecified atom stereocenters. The fraction of sp³-hybridized carbons (Fsp3) is 0.900. The quantitative estimate of drug-likeness (QED) is 0.719. The van der Waals surface area contributed by atoms with E-state index in [9.17, 15) is 23.1 Å². The number of aliphatic hydroxyl groups is 1. The van der Waals surface area contributed by atoms with Crippen LogP contribution in [-0.4, -0.2) is 46.6 Å². The fourth-order valence-corrected chi connectivity index (χ4v) is 1.65. The highest BCUT2D eigenvalue weighted by molar-refractivity contribution is 5.69. The number of ether oxygens (including phenoxy) is 1. The first kappa shape index (κ1) is 14.1. The summed E-state index contributed by atoms with van der Waals surface area (Å²) in [6.07, 6.45) is -7.25. The molecule has 0 aromatic carbocycles. The molecule has 4 nitrogen and oxygen atoms in total. The molecule has 1 saturated heterocycles. The van der Waals surface area contributed by atoms with Gasteiger partial charge in [-0.2, -0.15) is 13.2 Å². The van der Waals surface area contributed by atoms with Crippen molar-refractivity contribution in [3.8, 4) is 0 Å². The SMILES string of the molecule is CC(C)(C)OC(=O)N1C[C@@H](O)C[C@@H]1C(F)(F)F. The van der Waals surface area contributed by atoms with Crippen LogP contribution in [0.2, 0.25) is 0 Å². The average molecular weight is 255 g/mol. The number of hydrogen-bond acceptors (Lipinski definition) is 3. The van der Waals surface area contributed by atoms with Crippen molar-refractivity contribution in [1.29, 1.82) is 0 Å². The Labute approximate surface area is 97.3 Å². The van der Waals surface area contributed by atoms with Gasteiger partial charge < -0.3 is 9.84 Å². The number of likely N-dealkylation sites (tertiary alicyclic amines) is 1. The van der Waals surface area contributed by atoms with Crippen molar-refractivity contribution in [3.05, 3.63) is 0 Å². The lowest BCUT2D eigenvalue weighted by molar-refractivity contribution is -0.173. The standard InChI is InChI=1S/C10H16F3NO3/c1-9(2,3)17-8(16)14-5-6(15)4-7(14)10(11,12)13/h6-7,15H,4-5H2,1-3H3/t6-,7+/m0/s1. The van der Waals surface area contributed by atoms with Crippen LogP contribution in [0.3, 0.4) is 0 Å². The number of β-amino-alcohol motifs (C(OH)–C–C–N with tert-alkyl or cyclic N) is 1. The summed E-state index contributed by atoms with van der Waals surface area (Å²) in [5.41, 5.74) is -0.860. The summed E-state index contributed by atoms with van der Waals surface area (Å²) in [5, 5.41) is 9.23. The number of nitrogens with zero attached hydrogens (tertiary/aromatic N) is 1. The van der Waals surface area contributed by atoms with Gasteiger partial charge in [0.15, 0.2) is 0 Å². The summed E-state index contributed by atoms with van der Waals surface area (Å²) < 4.78 is 42.7. The van der Waals surface area contributed by atoms with Gasteiger partial charge in [0.25, 0.3) is 0 Å². The van der Waals surface area contributed by atoms with E-state index in [0.29, 0.717) is 4.90 Å². The van der Waals surface area contributed by atoms with Crippen molar-refractivity contribution in [2.45, 2.75) is 51.1 Å². The third-order valence-corrected chi connectivity index (χ3v) is 2.28. The molecule has 0 aromatic heterocycles. The van der Waals surface area contributed by atoms with Gasteiger partial charge in [-0.1, -0.05) is 0 Å². The Balaban J connectivity index is 2.78. The van der Waals surface area contributed by atoms with Crippen LogP contribution in [0.15, 0.2) is 0 Å². The van der Waals surface area contributed by atoms with Crippen LogP contribution in [-0.2, 0) is 4.74 Å². The second-order valence-corrected chi connectivity index (χ2v) is 5.08. The van der Waals surface area contributed by atoms with Crippen LogP contribution < -0.4 is 0 Å². The molecule has 100 valence electrons. The first-order valence-electron chi connectivity index (χ1n) is 5.25. The second kappa shape index (κ2) is 4.36. The smallest absolute Gasteiger partial charge is 0.410 e. The molecule has 1 aliphatic heterocycles. The maximum atomic E-state index is 12.6. The number of carbonyl (C=O) groups is 1. The Morgan fingerprint density at radius 2 is 1.88 bits per heavy atom. The van der Waals surface area contributed by atoms with Gasteiger partial charge in [-0.25, -0.2) is 4.79 Å². The Kier molecular flexibility index (Phi) is 3.61. The number of hydrogen-bond donors (Lipinski definition) is 1. The summed E-state index contributed by atoms with van der Waals surface area (Å²) in [6, 6.07) is -1.97. The zero-order valence-electron chi connectivity index (χ0n) is 9.91. The fourth-order valence-electron chi connectivity index (χ4n) is 1.65. The minimum absolute atomic E-state index is 0.348. The molecule has 0 bridgehead atoms. The summed E-state index contributed by atoms with van der Waals surface area (Å²) in [5.74, 6) is 0. The maximum absolute atomic E-state index is 12.6. The lowest BCUT2D eigenvalue weighted by Crippen LogP contribution is -2.46. The molecule has 7 heteroatoms. The van der Waals surface area contributed by atoms with Gasteiger partial charge in [0.05, 0.1) is 12.6 Å². The number of rotatable bonds is 0. The molecule has 1 amide bonds. The molecular weight excluding hydrogens is 239 g/mol. The van der Waals surface area contributed by atoms with E-state index in [4.69, 9.17) is 4.74 Å². The topological polar surface area (TPSA) is 49.8 Å². The van der Waals surface area contributed by atoms with E-state index in [1.54, 1.807) is 20.8 Å². The normalized spacial score (nSPS) is 26.2. The Morgan fingerprint density at radius 1 is 1.35 bits per heavy atom. The highest BCUT2D eigenvalue weighted by Crippen LogP contribution is 2.33. The number of carbonyl (C=O) groups excluding carboxylic acids is 1. The van der Waals surface area contributed by atoms with E-state index >= 15 is 0 Å². The van der Waals surface area contributed by atoms with Gasteiger partial charge in [-0.15, -0.1) is 0 Å². The number of amides is 1. The largest absolute Gasteiger partial charge is 0.444 e. The van der Waals surface area contributed by atoms with Gasteiger partial charge in [0.1, 0.15) is 11.6 Å². The molecule has 2 atom stereocenters. The van der Waals surface area contributed by atoms with Gasteiger partial charge in [-0.3, -0.25) is 4.90 Å². The minimum Gasteiger partial charge on any atom is -0.444 e. The Morgan fingerprint density at radius 3 is 2.29 bits per heavy atom. The van der Waals surface area contributed by atoms with Gasteiger partial charge in [-0.05, 0) is 20.8 Å². The molecule has 1 aliphatic rings. The van der Waals surface area contributed by atoms with Crippen LogP contribution in [0, 0.1) is 0 Å². The number of halogens is 3. The zero-order valence-corrected chi connectivity index (χ0v) is 9.91. The average Bonchev–Trinajstić information content (AvgIpc) is 2.43. The summed E-state index contributed by atoms with van der Waals surface area (Å²) in [7, 11) is 0. The Hall–Kier alpha value is -0.980. The molecule has 17 heavy (non-hydrogen) atoms. The Bertz CT molecular complexity index is 298. The zero-order chi connectivity index (χ0) is 13.4. The van der Waals surface area contributed by atoms with E-state index < -0.39 is 36.4 Å². The summed E-state index contributed by atoms with van der Waals surface area (Å²) in [6.45, 7) is 4.36. The van der Waals surface area contributed by atoms with Gasteiger partial charge >= 0.3 is 12.3 Å². The highest BCUT2D eigenvalue weighted by Gasteiger charge is 2.51. The van der Waals surface area contributed by atoms with Crippen molar-refractivity contribution in [3.63, 3.8) is 0 Å². The van der Waals surface area contributed by atoms with Crippen LogP contribution in [0.1, 0.15) is 27.2 Å². The van der Waals surface area contributed by atoms with E-state index in [0.717, 1.165) is 0 Å². The molecular formula is C10H16F3NO3. The summed E-state index contributed by atoms with van der Waals surface area (Å²) in [4.78, 5) is 12.1. The molecule has 0 saturated carbocycles. The first-order chi connectivity index (χ1) is 7.50. The van der Waals surface area contributed by atoms with Crippen molar-refractivity contribution in [2.24, 2.45) is 0 Å². The third kappa shape index (κ3) is 3.76. The molecule has 0 aliphatic carbocycles. The van der Waals surface area contributed by atoms with Crippen LogP contribution in [0.5, 0.6) is 0 Å². The van der Waals surface area contributed by atoms with Crippen LogP contribution in [0.4, 0.5) is 18.0 Å². The van der Waals surface area contributed by atoms with Crippen molar-refractivity contribution >= 4 is 6.09 Å². The van der Waals surface area contributed by atoms with E-state index in [-0.39, 0.29) is 6.54 Å². The summed E-state index contributed by atoms with van der Waals surface area (Å²) >= 11 is 0. The predicted molar refractivity (Wildman–Crippen MR) is 53.4 cm³/mol. The third-order valence-electron chi connectivity index (χ3n) is 2.28. The number of aliphatic hydroxyl groups excluding tert-OH is 1. The molecule has 1 rings (SSSR count). The van der Waals surface area contributed by atoms with Crippen LogP contribution in [0.25, 0.3) is 0 Å². The van der Waals surface area contributed by atoms with E-state index in [2.05, 4.69) is 0 Å². The molecule has 1 fully saturated rings. The van der Waals surface area contributed by atoms with E-state index in [1.807, 2.05) is 0 Å². The molecule has 0 spiro atoms. The molecule has 0 aromatic rings. The lowest BCUT2D eigenvalue weighted by Gasteiger charge is -2.29. The highest BCUT2D eigenvalue weighted by atomic mass is 19.4. The molecule has 1 N–H and O–H groups in total. The molecule has 0 radical (unpaired) electrons.